The molecule has 0 bridgehead atoms. The molecule has 0 aliphatic heterocycles. The van der Waals surface area contributed by atoms with Crippen LogP contribution in [0.1, 0.15) is 17.3 Å². The van der Waals surface area contributed by atoms with Gasteiger partial charge in [0.2, 0.25) is 0 Å². The summed E-state index contributed by atoms with van der Waals surface area (Å²) in [6.45, 7) is 1.46. The molecule has 0 fully saturated rings. The average Bonchev–Trinajstić information content (AvgIpc) is 2.46. The molecule has 1 atom stereocenters. The average molecular weight is 373 g/mol. The van der Waals surface area contributed by atoms with Crippen LogP contribution in [0.2, 0.25) is 15.1 Å². The van der Waals surface area contributed by atoms with Crippen LogP contribution in [0.15, 0.2) is 42.5 Å². The number of carbonyl (C=O) groups is 2. The summed E-state index contributed by atoms with van der Waals surface area (Å²) in [5.74, 6) is -1.19. The van der Waals surface area contributed by atoms with Gasteiger partial charge in [-0.05, 0) is 43.3 Å². The minimum atomic E-state index is -1.01. The fourth-order valence-electron chi connectivity index (χ4n) is 1.74. The van der Waals surface area contributed by atoms with E-state index in [4.69, 9.17) is 39.5 Å². The molecule has 1 amide bonds. The minimum absolute atomic E-state index is 0.137. The molecule has 0 unspecified atom stereocenters. The topological polar surface area (TPSA) is 55.4 Å². The van der Waals surface area contributed by atoms with E-state index >= 15 is 0 Å². The van der Waals surface area contributed by atoms with Crippen LogP contribution < -0.4 is 5.32 Å². The van der Waals surface area contributed by atoms with Gasteiger partial charge in [-0.15, -0.1) is 0 Å². The molecule has 2 aromatic carbocycles. The second-order valence-corrected chi connectivity index (χ2v) is 5.95. The monoisotopic (exact) mass is 371 g/mol. The van der Waals surface area contributed by atoms with Crippen LogP contribution in [0.4, 0.5) is 5.69 Å². The van der Waals surface area contributed by atoms with E-state index in [1.54, 1.807) is 24.3 Å². The highest BCUT2D eigenvalue weighted by Gasteiger charge is 2.20. The number of anilines is 1. The van der Waals surface area contributed by atoms with Crippen LogP contribution in [-0.2, 0) is 9.53 Å². The third-order valence-electron chi connectivity index (χ3n) is 2.90. The Morgan fingerprint density at radius 3 is 2.39 bits per heavy atom. The molecule has 0 aromatic heterocycles. The van der Waals surface area contributed by atoms with Crippen LogP contribution in [0.25, 0.3) is 0 Å². The summed E-state index contributed by atoms with van der Waals surface area (Å²) in [5, 5.41) is 3.65. The van der Waals surface area contributed by atoms with E-state index in [2.05, 4.69) is 5.32 Å². The Hall–Kier alpha value is -1.75. The van der Waals surface area contributed by atoms with Crippen LogP contribution >= 0.6 is 34.8 Å². The molecule has 0 saturated heterocycles. The van der Waals surface area contributed by atoms with Gasteiger partial charge in [-0.3, -0.25) is 4.79 Å². The summed E-state index contributed by atoms with van der Waals surface area (Å²) in [6, 6.07) is 11.0. The number of hydrogen-bond donors (Lipinski definition) is 1. The lowest BCUT2D eigenvalue weighted by Crippen LogP contribution is -2.30. The molecule has 0 aliphatic carbocycles. The van der Waals surface area contributed by atoms with E-state index in [-0.39, 0.29) is 10.6 Å². The molecule has 0 aliphatic rings. The molecular formula is C16H12Cl3NO3. The number of hydrogen-bond acceptors (Lipinski definition) is 3. The first kappa shape index (κ1) is 17.6. The maximum absolute atomic E-state index is 12.0. The number of benzene rings is 2. The number of ether oxygens (including phenoxy) is 1. The third kappa shape index (κ3) is 4.86. The van der Waals surface area contributed by atoms with E-state index in [0.29, 0.717) is 15.7 Å². The fourth-order valence-corrected chi connectivity index (χ4v) is 2.42. The van der Waals surface area contributed by atoms with Crippen molar-refractivity contribution < 1.29 is 14.3 Å². The zero-order valence-corrected chi connectivity index (χ0v) is 14.2. The van der Waals surface area contributed by atoms with E-state index in [9.17, 15) is 9.59 Å². The van der Waals surface area contributed by atoms with E-state index in [1.807, 2.05) is 0 Å². The molecule has 2 rings (SSSR count). The van der Waals surface area contributed by atoms with Gasteiger partial charge in [0.05, 0.1) is 10.6 Å². The third-order valence-corrected chi connectivity index (χ3v) is 3.68. The second-order valence-electron chi connectivity index (χ2n) is 4.67. The van der Waals surface area contributed by atoms with Crippen molar-refractivity contribution in [3.8, 4) is 0 Å². The van der Waals surface area contributed by atoms with Crippen molar-refractivity contribution in [3.05, 3.63) is 63.1 Å². The number of rotatable bonds is 4. The highest BCUT2D eigenvalue weighted by atomic mass is 35.5. The lowest BCUT2D eigenvalue weighted by atomic mass is 10.2. The molecule has 0 spiro atoms. The molecule has 1 N–H and O–H groups in total. The van der Waals surface area contributed by atoms with Gasteiger partial charge in [0.25, 0.3) is 5.91 Å². The van der Waals surface area contributed by atoms with E-state index in [1.165, 1.54) is 25.1 Å². The van der Waals surface area contributed by atoms with Crippen molar-refractivity contribution in [1.29, 1.82) is 0 Å². The van der Waals surface area contributed by atoms with Gasteiger partial charge in [0, 0.05) is 15.7 Å². The summed E-state index contributed by atoms with van der Waals surface area (Å²) in [7, 11) is 0. The van der Waals surface area contributed by atoms with Crippen molar-refractivity contribution in [3.63, 3.8) is 0 Å². The number of halogens is 3. The van der Waals surface area contributed by atoms with E-state index in [0.717, 1.165) is 0 Å². The Morgan fingerprint density at radius 1 is 1.04 bits per heavy atom. The van der Waals surface area contributed by atoms with Gasteiger partial charge < -0.3 is 10.1 Å². The summed E-state index contributed by atoms with van der Waals surface area (Å²) in [5.41, 5.74) is 0.647. The van der Waals surface area contributed by atoms with Crippen LogP contribution in [0.3, 0.4) is 0 Å². The number of esters is 1. The van der Waals surface area contributed by atoms with Crippen molar-refractivity contribution in [2.45, 2.75) is 13.0 Å². The standard InChI is InChI=1S/C16H12Cl3NO3/c1-9(15(21)20-12-4-2-3-10(17)7-12)23-16(22)13-6-5-11(18)8-14(13)19/h2-9H,1H3,(H,20,21)/t9-/m1/s1. The molecular weight excluding hydrogens is 361 g/mol. The van der Waals surface area contributed by atoms with Gasteiger partial charge in [-0.2, -0.15) is 0 Å². The van der Waals surface area contributed by atoms with Gasteiger partial charge in [0.1, 0.15) is 0 Å². The molecule has 120 valence electrons. The molecule has 0 heterocycles. The first-order valence-corrected chi connectivity index (χ1v) is 7.72. The Kier molecular flexibility index (Phi) is 5.88. The molecule has 4 nitrogen and oxygen atoms in total. The predicted molar refractivity (Wildman–Crippen MR) is 91.4 cm³/mol. The normalized spacial score (nSPS) is 11.7. The van der Waals surface area contributed by atoms with Crippen molar-refractivity contribution in [2.75, 3.05) is 5.32 Å². The maximum atomic E-state index is 12.0. The largest absolute Gasteiger partial charge is 0.449 e. The smallest absolute Gasteiger partial charge is 0.340 e. The second kappa shape index (κ2) is 7.68. The Bertz CT molecular complexity index is 749. The van der Waals surface area contributed by atoms with E-state index < -0.39 is 18.0 Å². The zero-order valence-electron chi connectivity index (χ0n) is 12.0. The highest BCUT2D eigenvalue weighted by Crippen LogP contribution is 2.22. The molecule has 2 aromatic rings. The van der Waals surface area contributed by atoms with Gasteiger partial charge in [-0.25, -0.2) is 4.79 Å². The van der Waals surface area contributed by atoms with Crippen molar-refractivity contribution >= 4 is 52.4 Å². The fraction of sp³-hybridized carbons (Fsp3) is 0.125. The lowest BCUT2D eigenvalue weighted by molar-refractivity contribution is -0.123. The zero-order chi connectivity index (χ0) is 17.0. The Labute approximate surface area is 148 Å². The Morgan fingerprint density at radius 2 is 1.74 bits per heavy atom. The van der Waals surface area contributed by atoms with Gasteiger partial charge in [-0.1, -0.05) is 40.9 Å². The number of carbonyl (C=O) groups excluding carboxylic acids is 2. The molecule has 0 radical (unpaired) electrons. The van der Waals surface area contributed by atoms with Crippen molar-refractivity contribution in [2.24, 2.45) is 0 Å². The first-order valence-electron chi connectivity index (χ1n) is 6.59. The first-order chi connectivity index (χ1) is 10.9. The van der Waals surface area contributed by atoms with Crippen molar-refractivity contribution in [1.82, 2.24) is 0 Å². The van der Waals surface area contributed by atoms with Gasteiger partial charge in [0.15, 0.2) is 6.10 Å². The minimum Gasteiger partial charge on any atom is -0.449 e. The summed E-state index contributed by atoms with van der Waals surface area (Å²) in [6.07, 6.45) is -1.01. The lowest BCUT2D eigenvalue weighted by Gasteiger charge is -2.14. The van der Waals surface area contributed by atoms with Crippen LogP contribution in [-0.4, -0.2) is 18.0 Å². The maximum Gasteiger partial charge on any atom is 0.340 e. The highest BCUT2D eigenvalue weighted by molar-refractivity contribution is 6.36. The number of amides is 1. The SMILES string of the molecule is C[C@@H](OC(=O)c1ccc(Cl)cc1Cl)C(=O)Nc1cccc(Cl)c1. The van der Waals surface area contributed by atoms with Gasteiger partial charge >= 0.3 is 5.97 Å². The summed E-state index contributed by atoms with van der Waals surface area (Å²) in [4.78, 5) is 24.1. The summed E-state index contributed by atoms with van der Waals surface area (Å²) < 4.78 is 5.11. The quantitative estimate of drug-likeness (QED) is 0.782. The summed E-state index contributed by atoms with van der Waals surface area (Å²) >= 11 is 17.5. The Balaban J connectivity index is 2.01. The van der Waals surface area contributed by atoms with Crippen LogP contribution in [0, 0.1) is 0 Å². The number of nitrogens with one attached hydrogen (secondary N) is 1. The molecule has 7 heteroatoms. The predicted octanol–water partition coefficient (Wildman–Crippen LogP) is 4.83. The molecule has 23 heavy (non-hydrogen) atoms. The molecule has 0 saturated carbocycles. The van der Waals surface area contributed by atoms with Crippen LogP contribution in [0.5, 0.6) is 0 Å².